The predicted molar refractivity (Wildman–Crippen MR) is 57.5 cm³/mol. The van der Waals surface area contributed by atoms with Crippen molar-refractivity contribution in [2.45, 2.75) is 12.8 Å². The summed E-state index contributed by atoms with van der Waals surface area (Å²) >= 11 is 0. The highest BCUT2D eigenvalue weighted by atomic mass is 16.3. The lowest BCUT2D eigenvalue weighted by molar-refractivity contribution is -0.120. The minimum Gasteiger partial charge on any atom is -0.508 e. The molecule has 4 nitrogen and oxygen atoms in total. The molecule has 1 saturated carbocycles. The summed E-state index contributed by atoms with van der Waals surface area (Å²) < 4.78 is 0. The van der Waals surface area contributed by atoms with Crippen LogP contribution in [-0.2, 0) is 4.79 Å². The molecule has 2 rings (SSSR count). The van der Waals surface area contributed by atoms with Crippen LogP contribution < -0.4 is 11.1 Å². The summed E-state index contributed by atoms with van der Waals surface area (Å²) in [4.78, 5) is 11.8. The maximum absolute atomic E-state index is 11.8. The normalized spacial score (nSPS) is 17.1. The maximum atomic E-state index is 11.8. The molecule has 0 aliphatic heterocycles. The third-order valence-electron chi connectivity index (χ3n) is 2.85. The van der Waals surface area contributed by atoms with Crippen molar-refractivity contribution in [3.8, 4) is 5.75 Å². The van der Waals surface area contributed by atoms with Crippen LogP contribution in [0.4, 0.5) is 5.69 Å². The van der Waals surface area contributed by atoms with Gasteiger partial charge in [-0.25, -0.2) is 0 Å². The summed E-state index contributed by atoms with van der Waals surface area (Å²) in [6, 6.07) is 6.41. The summed E-state index contributed by atoms with van der Waals surface area (Å²) in [5.41, 5.74) is 5.90. The van der Waals surface area contributed by atoms with Crippen molar-refractivity contribution in [2.24, 2.45) is 11.1 Å². The topological polar surface area (TPSA) is 75.4 Å². The van der Waals surface area contributed by atoms with Crippen LogP contribution in [-0.4, -0.2) is 17.6 Å². The SMILES string of the molecule is NCC1(C(=O)Nc2ccc(O)cc2)CC1. The number of carbonyl (C=O) groups is 1. The largest absolute Gasteiger partial charge is 0.508 e. The highest BCUT2D eigenvalue weighted by molar-refractivity contribution is 5.97. The van der Waals surface area contributed by atoms with Gasteiger partial charge in [-0.2, -0.15) is 0 Å². The molecule has 0 heterocycles. The molecule has 4 N–H and O–H groups in total. The Morgan fingerprint density at radius 2 is 2.00 bits per heavy atom. The average Bonchev–Trinajstić information content (AvgIpc) is 3.02. The fourth-order valence-corrected chi connectivity index (χ4v) is 1.48. The van der Waals surface area contributed by atoms with Crippen molar-refractivity contribution in [3.63, 3.8) is 0 Å². The molecule has 0 saturated heterocycles. The molecule has 1 amide bonds. The molecule has 0 atom stereocenters. The van der Waals surface area contributed by atoms with Crippen molar-refractivity contribution < 1.29 is 9.90 Å². The van der Waals surface area contributed by atoms with Crippen molar-refractivity contribution in [3.05, 3.63) is 24.3 Å². The first-order valence-corrected chi connectivity index (χ1v) is 4.97. The monoisotopic (exact) mass is 206 g/mol. The number of nitrogens with two attached hydrogens (primary N) is 1. The van der Waals surface area contributed by atoms with Crippen LogP contribution in [0, 0.1) is 5.41 Å². The van der Waals surface area contributed by atoms with Gasteiger partial charge in [0.25, 0.3) is 0 Å². The second-order valence-electron chi connectivity index (χ2n) is 3.99. The van der Waals surface area contributed by atoms with Gasteiger partial charge in [0.05, 0.1) is 5.41 Å². The minimum atomic E-state index is -0.335. The molecule has 80 valence electrons. The number of aromatic hydroxyl groups is 1. The van der Waals surface area contributed by atoms with E-state index in [9.17, 15) is 4.79 Å². The van der Waals surface area contributed by atoms with Crippen LogP contribution in [0.5, 0.6) is 5.75 Å². The quantitative estimate of drug-likeness (QED) is 0.647. The first-order chi connectivity index (χ1) is 7.16. The molecule has 1 aromatic rings. The van der Waals surface area contributed by atoms with E-state index in [-0.39, 0.29) is 17.1 Å². The van der Waals surface area contributed by atoms with Gasteiger partial charge in [-0.3, -0.25) is 4.79 Å². The van der Waals surface area contributed by atoms with E-state index in [0.717, 1.165) is 12.8 Å². The molecule has 0 unspecified atom stereocenters. The zero-order valence-corrected chi connectivity index (χ0v) is 8.36. The fraction of sp³-hybridized carbons (Fsp3) is 0.364. The lowest BCUT2D eigenvalue weighted by atomic mass is 10.1. The zero-order chi connectivity index (χ0) is 10.9. The van der Waals surface area contributed by atoms with E-state index in [1.807, 2.05) is 0 Å². The summed E-state index contributed by atoms with van der Waals surface area (Å²) in [7, 11) is 0. The second kappa shape index (κ2) is 3.55. The third kappa shape index (κ3) is 1.94. The number of amides is 1. The van der Waals surface area contributed by atoms with E-state index in [4.69, 9.17) is 10.8 Å². The van der Waals surface area contributed by atoms with E-state index in [0.29, 0.717) is 12.2 Å². The summed E-state index contributed by atoms with van der Waals surface area (Å²) in [5, 5.41) is 11.9. The molecule has 0 radical (unpaired) electrons. The van der Waals surface area contributed by atoms with Gasteiger partial charge in [0, 0.05) is 12.2 Å². The van der Waals surface area contributed by atoms with Crippen LogP contribution >= 0.6 is 0 Å². The van der Waals surface area contributed by atoms with E-state index in [1.165, 1.54) is 12.1 Å². The second-order valence-corrected chi connectivity index (χ2v) is 3.99. The fourth-order valence-electron chi connectivity index (χ4n) is 1.48. The highest BCUT2D eigenvalue weighted by Crippen LogP contribution is 2.45. The molecule has 1 aromatic carbocycles. The predicted octanol–water partition coefficient (Wildman–Crippen LogP) is 1.07. The summed E-state index contributed by atoms with van der Waals surface area (Å²) in [6.07, 6.45) is 1.74. The number of benzene rings is 1. The van der Waals surface area contributed by atoms with Crippen LogP contribution in [0.1, 0.15) is 12.8 Å². The number of carbonyl (C=O) groups excluding carboxylic acids is 1. The number of anilines is 1. The van der Waals surface area contributed by atoms with E-state index in [1.54, 1.807) is 12.1 Å². The zero-order valence-electron chi connectivity index (χ0n) is 8.36. The molecular weight excluding hydrogens is 192 g/mol. The number of rotatable bonds is 3. The smallest absolute Gasteiger partial charge is 0.231 e. The van der Waals surface area contributed by atoms with Gasteiger partial charge in [0.15, 0.2) is 0 Å². The van der Waals surface area contributed by atoms with Crippen LogP contribution in [0.25, 0.3) is 0 Å². The van der Waals surface area contributed by atoms with Crippen LogP contribution in [0.3, 0.4) is 0 Å². The number of nitrogens with one attached hydrogen (secondary N) is 1. The van der Waals surface area contributed by atoms with E-state index >= 15 is 0 Å². The molecule has 15 heavy (non-hydrogen) atoms. The van der Waals surface area contributed by atoms with Crippen molar-refractivity contribution in [1.29, 1.82) is 0 Å². The number of phenols is 1. The minimum absolute atomic E-state index is 0.0179. The average molecular weight is 206 g/mol. The third-order valence-corrected chi connectivity index (χ3v) is 2.85. The van der Waals surface area contributed by atoms with Gasteiger partial charge in [-0.1, -0.05) is 0 Å². The molecule has 1 aliphatic carbocycles. The van der Waals surface area contributed by atoms with Crippen molar-refractivity contribution >= 4 is 11.6 Å². The number of hydrogen-bond acceptors (Lipinski definition) is 3. The standard InChI is InChI=1S/C11H14N2O2/c12-7-11(5-6-11)10(15)13-8-1-3-9(14)4-2-8/h1-4,14H,5-7,12H2,(H,13,15). The molecular formula is C11H14N2O2. The summed E-state index contributed by atoms with van der Waals surface area (Å²) in [6.45, 7) is 0.400. The van der Waals surface area contributed by atoms with Gasteiger partial charge in [0.2, 0.25) is 5.91 Å². The molecule has 1 fully saturated rings. The molecule has 4 heteroatoms. The Labute approximate surface area is 88.1 Å². The van der Waals surface area contributed by atoms with E-state index < -0.39 is 0 Å². The van der Waals surface area contributed by atoms with Crippen LogP contribution in [0.2, 0.25) is 0 Å². The number of hydrogen-bond donors (Lipinski definition) is 3. The molecule has 0 bridgehead atoms. The Kier molecular flexibility index (Phi) is 2.36. The molecule has 0 spiro atoms. The Morgan fingerprint density at radius 3 is 2.47 bits per heavy atom. The van der Waals surface area contributed by atoms with E-state index in [2.05, 4.69) is 5.32 Å². The Morgan fingerprint density at radius 1 is 1.40 bits per heavy atom. The summed E-state index contributed by atoms with van der Waals surface area (Å²) in [5.74, 6) is 0.170. The van der Waals surface area contributed by atoms with Crippen molar-refractivity contribution in [1.82, 2.24) is 0 Å². The lowest BCUT2D eigenvalue weighted by Crippen LogP contribution is -2.30. The number of phenolic OH excluding ortho intramolecular Hbond substituents is 1. The van der Waals surface area contributed by atoms with Crippen molar-refractivity contribution in [2.75, 3.05) is 11.9 Å². The molecule has 0 aromatic heterocycles. The first kappa shape index (κ1) is 9.98. The Balaban J connectivity index is 2.03. The Hall–Kier alpha value is -1.55. The lowest BCUT2D eigenvalue weighted by Gasteiger charge is -2.12. The van der Waals surface area contributed by atoms with Gasteiger partial charge in [-0.15, -0.1) is 0 Å². The Bertz CT molecular complexity index is 369. The van der Waals surface area contributed by atoms with Crippen LogP contribution in [0.15, 0.2) is 24.3 Å². The van der Waals surface area contributed by atoms with Gasteiger partial charge < -0.3 is 16.2 Å². The van der Waals surface area contributed by atoms with Gasteiger partial charge in [-0.05, 0) is 37.1 Å². The van der Waals surface area contributed by atoms with Gasteiger partial charge in [0.1, 0.15) is 5.75 Å². The first-order valence-electron chi connectivity index (χ1n) is 4.97. The highest BCUT2D eigenvalue weighted by Gasteiger charge is 2.48. The van der Waals surface area contributed by atoms with Gasteiger partial charge >= 0.3 is 0 Å². The maximum Gasteiger partial charge on any atom is 0.231 e. The molecule has 1 aliphatic rings.